The van der Waals surface area contributed by atoms with Gasteiger partial charge in [-0.3, -0.25) is 0 Å². The molecular formula is C3H7N5O2S. The fourth-order valence-electron chi connectivity index (χ4n) is 0.433. The van der Waals surface area contributed by atoms with Crippen molar-refractivity contribution < 1.29 is 8.42 Å². The Balaban J connectivity index is 2.72. The molecule has 1 rings (SSSR count). The number of nitrogens with one attached hydrogen (secondary N) is 3. The molecule has 3 N–H and O–H groups in total. The van der Waals surface area contributed by atoms with E-state index in [1.54, 1.807) is 0 Å². The predicted octanol–water partition coefficient (Wildman–Crippen LogP) is -1.32. The lowest BCUT2D eigenvalue weighted by Gasteiger charge is -2.00. The number of hydrogen-bond acceptors (Lipinski definition) is 4. The second-order valence-electron chi connectivity index (χ2n) is 1.64. The Bertz CT molecular complexity index is 302. The molecule has 1 aromatic heterocycles. The first-order chi connectivity index (χ1) is 5.14. The van der Waals surface area contributed by atoms with Gasteiger partial charge in [0.1, 0.15) is 6.33 Å². The van der Waals surface area contributed by atoms with Crippen LogP contribution in [0, 0.1) is 0 Å². The monoisotopic (exact) mass is 177 g/mol. The first-order valence-corrected chi connectivity index (χ1v) is 4.19. The highest BCUT2D eigenvalue weighted by Crippen LogP contribution is 1.94. The molecule has 0 aliphatic rings. The van der Waals surface area contributed by atoms with E-state index < -0.39 is 10.2 Å². The van der Waals surface area contributed by atoms with E-state index in [-0.39, 0.29) is 5.95 Å². The number of anilines is 1. The smallest absolute Gasteiger partial charge is 0.245 e. The van der Waals surface area contributed by atoms with Crippen LogP contribution in [0.2, 0.25) is 0 Å². The lowest BCUT2D eigenvalue weighted by molar-refractivity contribution is 0.593. The minimum Gasteiger partial charge on any atom is -0.245 e. The molecule has 7 nitrogen and oxygen atoms in total. The van der Waals surface area contributed by atoms with E-state index in [2.05, 4.69) is 24.6 Å². The molecule has 0 atom stereocenters. The van der Waals surface area contributed by atoms with Crippen LogP contribution in [0.25, 0.3) is 0 Å². The van der Waals surface area contributed by atoms with E-state index >= 15 is 0 Å². The highest BCUT2D eigenvalue weighted by atomic mass is 32.2. The van der Waals surface area contributed by atoms with Gasteiger partial charge in [0.25, 0.3) is 0 Å². The summed E-state index contributed by atoms with van der Waals surface area (Å²) in [5.74, 6) is 0.0827. The highest BCUT2D eigenvalue weighted by molar-refractivity contribution is 7.90. The van der Waals surface area contributed by atoms with Gasteiger partial charge in [0.2, 0.25) is 5.95 Å². The van der Waals surface area contributed by atoms with Crippen molar-refractivity contribution in [3.63, 3.8) is 0 Å². The number of nitrogens with zero attached hydrogens (tertiary/aromatic N) is 2. The zero-order valence-corrected chi connectivity index (χ0v) is 6.51. The molecule has 8 heteroatoms. The third-order valence-corrected chi connectivity index (χ3v) is 1.91. The summed E-state index contributed by atoms with van der Waals surface area (Å²) in [6.07, 6.45) is 1.20. The summed E-state index contributed by atoms with van der Waals surface area (Å²) in [6.45, 7) is 0. The van der Waals surface area contributed by atoms with Crippen LogP contribution < -0.4 is 9.44 Å². The minimum absolute atomic E-state index is 0.0827. The lowest BCUT2D eigenvalue weighted by atomic mass is 11.1. The number of H-pyrrole nitrogens is 1. The summed E-state index contributed by atoms with van der Waals surface area (Å²) in [5.41, 5.74) is 0. The van der Waals surface area contributed by atoms with E-state index in [1.807, 2.05) is 0 Å². The Morgan fingerprint density at radius 3 is 2.82 bits per heavy atom. The van der Waals surface area contributed by atoms with E-state index in [9.17, 15) is 8.42 Å². The molecule has 0 aliphatic carbocycles. The van der Waals surface area contributed by atoms with Crippen LogP contribution in [0.1, 0.15) is 0 Å². The Labute approximate surface area is 63.4 Å². The third kappa shape index (κ3) is 2.16. The molecule has 0 bridgehead atoms. The summed E-state index contributed by atoms with van der Waals surface area (Å²) >= 11 is 0. The SMILES string of the molecule is CNS(=O)(=O)Nc1ncn[nH]1. The molecule has 0 fully saturated rings. The van der Waals surface area contributed by atoms with Gasteiger partial charge in [0.15, 0.2) is 0 Å². The van der Waals surface area contributed by atoms with Gasteiger partial charge in [-0.15, -0.1) is 0 Å². The molecule has 0 aliphatic heterocycles. The molecule has 1 heterocycles. The molecule has 11 heavy (non-hydrogen) atoms. The van der Waals surface area contributed by atoms with Gasteiger partial charge in [0.05, 0.1) is 0 Å². The summed E-state index contributed by atoms with van der Waals surface area (Å²) < 4.78 is 25.6. The third-order valence-electron chi connectivity index (χ3n) is 0.915. The maximum Gasteiger partial charge on any atom is 0.301 e. The van der Waals surface area contributed by atoms with Crippen LogP contribution in [-0.2, 0) is 10.2 Å². The summed E-state index contributed by atoms with van der Waals surface area (Å²) in [6, 6.07) is 0. The number of aromatic nitrogens is 3. The molecule has 0 aromatic carbocycles. The van der Waals surface area contributed by atoms with Crippen molar-refractivity contribution in [3.8, 4) is 0 Å². The van der Waals surface area contributed by atoms with Crippen LogP contribution in [0.15, 0.2) is 6.33 Å². The van der Waals surface area contributed by atoms with Crippen molar-refractivity contribution in [2.75, 3.05) is 11.8 Å². The zero-order chi connectivity index (χ0) is 8.32. The van der Waals surface area contributed by atoms with Crippen LogP contribution >= 0.6 is 0 Å². The largest absolute Gasteiger partial charge is 0.301 e. The summed E-state index contributed by atoms with van der Waals surface area (Å²) in [4.78, 5) is 3.55. The van der Waals surface area contributed by atoms with Gasteiger partial charge in [-0.25, -0.2) is 14.5 Å². The first kappa shape index (κ1) is 7.95. The van der Waals surface area contributed by atoms with Gasteiger partial charge in [0, 0.05) is 7.05 Å². The molecule has 0 amide bonds. The van der Waals surface area contributed by atoms with Crippen molar-refractivity contribution in [1.82, 2.24) is 19.9 Å². The molecule has 0 unspecified atom stereocenters. The second-order valence-corrected chi connectivity index (χ2v) is 3.26. The molecular weight excluding hydrogens is 170 g/mol. The van der Waals surface area contributed by atoms with Gasteiger partial charge >= 0.3 is 10.2 Å². The highest BCUT2D eigenvalue weighted by Gasteiger charge is 2.06. The van der Waals surface area contributed by atoms with Crippen molar-refractivity contribution in [3.05, 3.63) is 6.33 Å². The topological polar surface area (TPSA) is 99.8 Å². The quantitative estimate of drug-likeness (QED) is 0.533. The Morgan fingerprint density at radius 2 is 2.36 bits per heavy atom. The molecule has 0 radical (unpaired) electrons. The first-order valence-electron chi connectivity index (χ1n) is 2.71. The second kappa shape index (κ2) is 2.84. The van der Waals surface area contributed by atoms with Gasteiger partial charge in [-0.1, -0.05) is 0 Å². The van der Waals surface area contributed by atoms with Crippen LogP contribution in [0.5, 0.6) is 0 Å². The number of aromatic amines is 1. The fourth-order valence-corrected chi connectivity index (χ4v) is 0.888. The molecule has 0 spiro atoms. The Kier molecular flexibility index (Phi) is 2.06. The van der Waals surface area contributed by atoms with Gasteiger partial charge in [-0.2, -0.15) is 18.5 Å². The van der Waals surface area contributed by atoms with E-state index in [0.717, 1.165) is 0 Å². The molecule has 0 saturated heterocycles. The summed E-state index contributed by atoms with van der Waals surface area (Å²) in [5, 5.41) is 5.79. The van der Waals surface area contributed by atoms with E-state index in [1.165, 1.54) is 13.4 Å². The average molecular weight is 177 g/mol. The molecule has 1 aromatic rings. The van der Waals surface area contributed by atoms with Crippen molar-refractivity contribution in [1.29, 1.82) is 0 Å². The average Bonchev–Trinajstić information content (AvgIpc) is 2.39. The van der Waals surface area contributed by atoms with Crippen LogP contribution in [-0.4, -0.2) is 30.6 Å². The standard InChI is InChI=1S/C3H7N5O2S/c1-4-11(9,10)8-3-5-2-6-7-3/h2,4H,1H3,(H2,5,6,7,8). The molecule has 0 saturated carbocycles. The van der Waals surface area contributed by atoms with Gasteiger partial charge in [-0.05, 0) is 0 Å². The predicted molar refractivity (Wildman–Crippen MR) is 38.0 cm³/mol. The number of hydrogen-bond donors (Lipinski definition) is 3. The fraction of sp³-hybridized carbons (Fsp3) is 0.333. The van der Waals surface area contributed by atoms with Crippen molar-refractivity contribution >= 4 is 16.2 Å². The van der Waals surface area contributed by atoms with E-state index in [0.29, 0.717) is 0 Å². The van der Waals surface area contributed by atoms with Crippen molar-refractivity contribution in [2.24, 2.45) is 0 Å². The Morgan fingerprint density at radius 1 is 1.64 bits per heavy atom. The van der Waals surface area contributed by atoms with Crippen LogP contribution in [0.3, 0.4) is 0 Å². The van der Waals surface area contributed by atoms with E-state index in [4.69, 9.17) is 0 Å². The van der Waals surface area contributed by atoms with Gasteiger partial charge < -0.3 is 0 Å². The van der Waals surface area contributed by atoms with Crippen LogP contribution in [0.4, 0.5) is 5.95 Å². The van der Waals surface area contributed by atoms with Crippen molar-refractivity contribution in [2.45, 2.75) is 0 Å². The normalized spacial score (nSPS) is 11.4. The maximum absolute atomic E-state index is 10.8. The Hall–Kier alpha value is -1.15. The lowest BCUT2D eigenvalue weighted by Crippen LogP contribution is -2.26. The summed E-state index contributed by atoms with van der Waals surface area (Å²) in [7, 11) is -2.19. The maximum atomic E-state index is 10.8. The zero-order valence-electron chi connectivity index (χ0n) is 5.70. The number of rotatable bonds is 3. The minimum atomic E-state index is -3.48. The molecule has 62 valence electrons.